The zero-order valence-electron chi connectivity index (χ0n) is 17.1. The average molecular weight is 468 g/mol. The normalized spacial score (nSPS) is 21.5. The van der Waals surface area contributed by atoms with E-state index in [1.807, 2.05) is 30.3 Å². The van der Waals surface area contributed by atoms with Crippen LogP contribution < -0.4 is 4.74 Å². The molecule has 3 nitrogen and oxygen atoms in total. The Morgan fingerprint density at radius 1 is 1.03 bits per heavy atom. The van der Waals surface area contributed by atoms with E-state index in [9.17, 15) is 13.6 Å². The number of amides is 1. The summed E-state index contributed by atoms with van der Waals surface area (Å²) >= 11 is 13.0. The second-order valence-electron chi connectivity index (χ2n) is 8.45. The first-order chi connectivity index (χ1) is 14.8. The van der Waals surface area contributed by atoms with Gasteiger partial charge < -0.3 is 9.64 Å². The maximum absolute atomic E-state index is 13.5. The molecule has 1 amide bonds. The number of hydrogen-bond donors (Lipinski definition) is 0. The Kier molecular flexibility index (Phi) is 6.73. The number of halogens is 4. The number of ether oxygens (including phenoxy) is 1. The first kappa shape index (κ1) is 22.3. The fourth-order valence-electron chi connectivity index (χ4n) is 4.50. The van der Waals surface area contributed by atoms with Crippen LogP contribution in [0.3, 0.4) is 0 Å². The fraction of sp³-hybridized carbons (Fsp3) is 0.458. The Morgan fingerprint density at radius 3 is 2.32 bits per heavy atom. The van der Waals surface area contributed by atoms with Gasteiger partial charge in [0.2, 0.25) is 11.8 Å². The van der Waals surface area contributed by atoms with Gasteiger partial charge in [0, 0.05) is 41.4 Å². The van der Waals surface area contributed by atoms with E-state index in [0.717, 1.165) is 11.1 Å². The topological polar surface area (TPSA) is 29.5 Å². The molecule has 1 saturated carbocycles. The lowest BCUT2D eigenvalue weighted by atomic mass is 9.91. The van der Waals surface area contributed by atoms with E-state index in [1.54, 1.807) is 17.0 Å². The van der Waals surface area contributed by atoms with Crippen molar-refractivity contribution < 1.29 is 18.3 Å². The summed E-state index contributed by atoms with van der Waals surface area (Å²) < 4.78 is 32.7. The minimum Gasteiger partial charge on any atom is -0.489 e. The monoisotopic (exact) mass is 467 g/mol. The number of hydrogen-bond acceptors (Lipinski definition) is 2. The van der Waals surface area contributed by atoms with Crippen molar-refractivity contribution in [2.24, 2.45) is 5.92 Å². The van der Waals surface area contributed by atoms with Gasteiger partial charge in [-0.2, -0.15) is 0 Å². The number of alkyl halides is 2. The zero-order chi connectivity index (χ0) is 22.0. The first-order valence-corrected chi connectivity index (χ1v) is 11.4. The third-order valence-corrected chi connectivity index (χ3v) is 6.97. The van der Waals surface area contributed by atoms with Crippen molar-refractivity contribution >= 4 is 29.1 Å². The van der Waals surface area contributed by atoms with Crippen LogP contribution in [-0.2, 0) is 17.8 Å². The van der Waals surface area contributed by atoms with Gasteiger partial charge in [0.05, 0.1) is 0 Å². The summed E-state index contributed by atoms with van der Waals surface area (Å²) in [6.45, 7) is 1.01. The van der Waals surface area contributed by atoms with Crippen molar-refractivity contribution in [3.63, 3.8) is 0 Å². The van der Waals surface area contributed by atoms with Crippen LogP contribution in [0.4, 0.5) is 8.78 Å². The Balaban J connectivity index is 1.38. The molecule has 0 radical (unpaired) electrons. The average Bonchev–Trinajstić information content (AvgIpc) is 3.10. The summed E-state index contributed by atoms with van der Waals surface area (Å²) in [4.78, 5) is 14.7. The van der Waals surface area contributed by atoms with Crippen LogP contribution in [0.1, 0.15) is 43.2 Å². The molecule has 7 heteroatoms. The van der Waals surface area contributed by atoms with E-state index >= 15 is 0 Å². The van der Waals surface area contributed by atoms with Crippen molar-refractivity contribution in [3.05, 3.63) is 63.6 Å². The highest BCUT2D eigenvalue weighted by atomic mass is 35.5. The molecule has 0 bridgehead atoms. The first-order valence-electron chi connectivity index (χ1n) is 10.7. The summed E-state index contributed by atoms with van der Waals surface area (Å²) in [5.41, 5.74) is 1.77. The molecule has 1 heterocycles. The molecule has 2 aromatic rings. The van der Waals surface area contributed by atoms with E-state index in [0.29, 0.717) is 54.6 Å². The quantitative estimate of drug-likeness (QED) is 0.482. The van der Waals surface area contributed by atoms with E-state index in [1.165, 1.54) is 0 Å². The minimum atomic E-state index is -2.59. The maximum Gasteiger partial charge on any atom is 0.248 e. The highest BCUT2D eigenvalue weighted by molar-refractivity contribution is 6.36. The van der Waals surface area contributed by atoms with Crippen LogP contribution in [0, 0.1) is 5.92 Å². The lowest BCUT2D eigenvalue weighted by molar-refractivity contribution is -0.135. The summed E-state index contributed by atoms with van der Waals surface area (Å²) in [5, 5.41) is 0.943. The van der Waals surface area contributed by atoms with E-state index in [2.05, 4.69) is 0 Å². The molecule has 31 heavy (non-hydrogen) atoms. The molecule has 0 unspecified atom stereocenters. The minimum absolute atomic E-state index is 0.0201. The maximum atomic E-state index is 13.5. The van der Waals surface area contributed by atoms with E-state index < -0.39 is 5.92 Å². The molecule has 1 saturated heterocycles. The number of carbonyl (C=O) groups is 1. The van der Waals surface area contributed by atoms with Crippen LogP contribution in [0.5, 0.6) is 5.75 Å². The van der Waals surface area contributed by atoms with Gasteiger partial charge in [-0.25, -0.2) is 8.78 Å². The van der Waals surface area contributed by atoms with E-state index in [4.69, 9.17) is 27.9 Å². The standard InChI is InChI=1S/C24H25Cl2F2NO2/c25-21-13-19(31-15-16-4-2-1-3-5-16)14-22(26)20(21)12-17-8-11-29(23(17)30)18-6-9-24(27,28)10-7-18/h1-5,13-14,17-18H,6-12,15H2/t17-/m0/s1. The Hall–Kier alpha value is -1.85. The predicted octanol–water partition coefficient (Wildman–Crippen LogP) is 6.54. The third-order valence-electron chi connectivity index (χ3n) is 6.29. The summed E-state index contributed by atoms with van der Waals surface area (Å²) in [7, 11) is 0. The zero-order valence-corrected chi connectivity index (χ0v) is 18.6. The van der Waals surface area contributed by atoms with Crippen molar-refractivity contribution in [1.29, 1.82) is 0 Å². The lowest BCUT2D eigenvalue weighted by Crippen LogP contribution is -2.42. The van der Waals surface area contributed by atoms with Gasteiger partial charge in [-0.3, -0.25) is 4.79 Å². The molecule has 2 aromatic carbocycles. The largest absolute Gasteiger partial charge is 0.489 e. The summed E-state index contributed by atoms with van der Waals surface area (Å²) in [5.74, 6) is -2.23. The number of carbonyl (C=O) groups excluding carboxylic acids is 1. The Bertz CT molecular complexity index is 905. The second kappa shape index (κ2) is 9.33. The lowest BCUT2D eigenvalue weighted by Gasteiger charge is -2.34. The highest BCUT2D eigenvalue weighted by Crippen LogP contribution is 2.39. The van der Waals surface area contributed by atoms with Crippen LogP contribution in [-0.4, -0.2) is 29.3 Å². The van der Waals surface area contributed by atoms with Gasteiger partial charge in [-0.15, -0.1) is 0 Å². The fourth-order valence-corrected chi connectivity index (χ4v) is 5.12. The molecular formula is C24H25Cl2F2NO2. The second-order valence-corrected chi connectivity index (χ2v) is 9.26. The Morgan fingerprint density at radius 2 is 1.68 bits per heavy atom. The summed E-state index contributed by atoms with van der Waals surface area (Å²) in [6, 6.07) is 13.2. The van der Waals surface area contributed by atoms with Gasteiger partial charge in [0.25, 0.3) is 0 Å². The van der Waals surface area contributed by atoms with Gasteiger partial charge in [-0.1, -0.05) is 53.5 Å². The SMILES string of the molecule is O=C1[C@H](Cc2c(Cl)cc(OCc3ccccc3)cc2Cl)CCN1C1CCC(F)(F)CC1. The molecular weight excluding hydrogens is 443 g/mol. The predicted molar refractivity (Wildman–Crippen MR) is 118 cm³/mol. The smallest absolute Gasteiger partial charge is 0.248 e. The van der Waals surface area contributed by atoms with Crippen LogP contribution in [0.25, 0.3) is 0 Å². The molecule has 2 fully saturated rings. The molecule has 166 valence electrons. The number of nitrogens with zero attached hydrogens (tertiary/aromatic N) is 1. The van der Waals surface area contributed by atoms with Crippen molar-refractivity contribution in [2.45, 2.75) is 57.1 Å². The highest BCUT2D eigenvalue weighted by Gasteiger charge is 2.42. The molecule has 0 aromatic heterocycles. The van der Waals surface area contributed by atoms with Crippen molar-refractivity contribution in [1.82, 2.24) is 4.90 Å². The van der Waals surface area contributed by atoms with E-state index in [-0.39, 0.29) is 30.7 Å². The van der Waals surface area contributed by atoms with Crippen LogP contribution >= 0.6 is 23.2 Å². The molecule has 1 aliphatic carbocycles. The van der Waals surface area contributed by atoms with Crippen LogP contribution in [0.2, 0.25) is 10.0 Å². The van der Waals surface area contributed by atoms with Crippen molar-refractivity contribution in [3.8, 4) is 5.75 Å². The number of rotatable bonds is 6. The van der Waals surface area contributed by atoms with Gasteiger partial charge in [0.1, 0.15) is 12.4 Å². The summed E-state index contributed by atoms with van der Waals surface area (Å²) in [6.07, 6.45) is 1.56. The van der Waals surface area contributed by atoms with Gasteiger partial charge in [0.15, 0.2) is 0 Å². The molecule has 0 N–H and O–H groups in total. The molecule has 1 atom stereocenters. The Labute approximate surface area is 191 Å². The van der Waals surface area contributed by atoms with Gasteiger partial charge >= 0.3 is 0 Å². The van der Waals surface area contributed by atoms with Crippen molar-refractivity contribution in [2.75, 3.05) is 6.54 Å². The number of benzene rings is 2. The third kappa shape index (κ3) is 5.32. The molecule has 0 spiro atoms. The number of likely N-dealkylation sites (tertiary alicyclic amines) is 1. The molecule has 2 aliphatic rings. The molecule has 4 rings (SSSR count). The molecule has 1 aliphatic heterocycles. The van der Waals surface area contributed by atoms with Gasteiger partial charge in [-0.05, 0) is 48.9 Å². The van der Waals surface area contributed by atoms with Crippen LogP contribution in [0.15, 0.2) is 42.5 Å².